The van der Waals surface area contributed by atoms with Crippen molar-refractivity contribution in [3.8, 4) is 11.1 Å². The number of ketones is 1. The third-order valence-electron chi connectivity index (χ3n) is 19.3. The zero-order chi connectivity index (χ0) is 88.4. The van der Waals surface area contributed by atoms with E-state index in [1.807, 2.05) is 167 Å². The Hall–Kier alpha value is -8.67. The van der Waals surface area contributed by atoms with Crippen LogP contribution in [0, 0.1) is 34.6 Å². The molecule has 4 unspecified atom stereocenters. The van der Waals surface area contributed by atoms with E-state index in [0.717, 1.165) is 128 Å². The SMILES string of the molecule is CC(=O)c1ccc(C)c(Br)c1.Cc1ccc(C(C)N)cc1Br.Cc1ccc(C(C)NC(=O)c2cccc(C(F)(F)F)c2)cc1-c1ccc2cnc(Nc3cnn(C)c3)nc2c1.Cc1ccc(C(C)NC(=O)c2cccc(C(F)(F)F)c2)cc1B1OC(C)(C)C(C)(C)O1.Cc1ccc(C(C)NC(=O)c2cccc(C(F)(F)F)c2)cc1Br.Cl.S=S=S=S. The van der Waals surface area contributed by atoms with E-state index >= 15 is 0 Å². The van der Waals surface area contributed by atoms with E-state index in [9.17, 15) is 58.7 Å². The summed E-state index contributed by atoms with van der Waals surface area (Å²) < 4.78 is 133. The highest BCUT2D eigenvalue weighted by Crippen LogP contribution is 2.39. The van der Waals surface area contributed by atoms with E-state index in [1.165, 1.54) is 65.3 Å². The molecule has 636 valence electrons. The molecule has 3 amide bonds. The quantitative estimate of drug-likeness (QED) is 0.0369. The van der Waals surface area contributed by atoms with Crippen molar-refractivity contribution in [3.05, 3.63) is 303 Å². The van der Waals surface area contributed by atoms with Gasteiger partial charge in [-0.05, 0) is 243 Å². The minimum absolute atomic E-state index is 0. The van der Waals surface area contributed by atoms with E-state index in [4.69, 9.17) is 15.0 Å². The first-order chi connectivity index (χ1) is 55.6. The summed E-state index contributed by atoms with van der Waals surface area (Å²) in [7, 11) is 3.62. The highest BCUT2D eigenvalue weighted by atomic mass is 79.9. The normalized spacial score (nSPS) is 13.6. The van der Waals surface area contributed by atoms with Gasteiger partial charge in [0.2, 0.25) is 5.95 Å². The number of Topliss-reactive ketones (excluding diaryl/α,β-unsaturated/α-hetero) is 1. The lowest BCUT2D eigenvalue weighted by Gasteiger charge is -2.32. The lowest BCUT2D eigenvalue weighted by molar-refractivity contribution is -0.138. The number of amides is 3. The van der Waals surface area contributed by atoms with Crippen LogP contribution in [-0.2, 0) is 75.0 Å². The summed E-state index contributed by atoms with van der Waals surface area (Å²) in [5.74, 6) is -1.14. The van der Waals surface area contributed by atoms with Crippen LogP contribution in [0.2, 0.25) is 0 Å². The lowest BCUT2D eigenvalue weighted by Crippen LogP contribution is -2.41. The molecule has 3 heterocycles. The zero-order valence-corrected chi connectivity index (χ0v) is 76.7. The van der Waals surface area contributed by atoms with Crippen molar-refractivity contribution in [1.82, 2.24) is 35.7 Å². The molecule has 0 aliphatic carbocycles. The van der Waals surface area contributed by atoms with Crippen LogP contribution >= 0.6 is 60.2 Å². The Balaban J connectivity index is 0.000000246. The van der Waals surface area contributed by atoms with Gasteiger partial charge in [0, 0.05) is 107 Å². The monoisotopic (exact) mass is 1940 g/mol. The van der Waals surface area contributed by atoms with Gasteiger partial charge in [0.25, 0.3) is 17.7 Å². The Labute approximate surface area is 739 Å². The van der Waals surface area contributed by atoms with Crippen molar-refractivity contribution in [1.29, 1.82) is 0 Å². The summed E-state index contributed by atoms with van der Waals surface area (Å²) in [5.41, 5.74) is 16.2. The maximum absolute atomic E-state index is 13.1. The summed E-state index contributed by atoms with van der Waals surface area (Å²) in [4.78, 5) is 57.4. The summed E-state index contributed by atoms with van der Waals surface area (Å²) >= 11 is 18.9. The van der Waals surface area contributed by atoms with Crippen LogP contribution < -0.4 is 32.5 Å². The average Bonchev–Trinajstić information content (AvgIpc) is 1.65. The number of carbonyl (C=O) groups is 4. The van der Waals surface area contributed by atoms with Crippen molar-refractivity contribution in [2.24, 2.45) is 12.8 Å². The first-order valence-corrected chi connectivity index (χ1v) is 43.1. The van der Waals surface area contributed by atoms with Crippen LogP contribution in [-0.4, -0.2) is 61.6 Å². The number of hydrogen-bond acceptors (Lipinski definition) is 13. The minimum atomic E-state index is -4.52. The van der Waals surface area contributed by atoms with Crippen LogP contribution in [0.5, 0.6) is 0 Å². The largest absolute Gasteiger partial charge is 0.495 e. The lowest BCUT2D eigenvalue weighted by atomic mass is 9.75. The number of nitrogens with one attached hydrogen (secondary N) is 4. The van der Waals surface area contributed by atoms with Gasteiger partial charge in [0.05, 0.1) is 63.4 Å². The van der Waals surface area contributed by atoms with Crippen LogP contribution in [0.4, 0.5) is 51.1 Å². The number of rotatable bonds is 15. The number of carbonyl (C=O) groups excluding carboxylic acids is 4. The molecule has 0 saturated carbocycles. The number of nitrogens with zero attached hydrogens (tertiary/aromatic N) is 4. The van der Waals surface area contributed by atoms with Crippen LogP contribution in [0.15, 0.2) is 214 Å². The maximum Gasteiger partial charge on any atom is 0.495 e. The molecule has 4 atom stereocenters. The molecule has 9 aromatic carbocycles. The highest BCUT2D eigenvalue weighted by molar-refractivity contribution is 9.11. The molecule has 33 heteroatoms. The number of benzene rings is 9. The number of anilines is 2. The van der Waals surface area contributed by atoms with Crippen LogP contribution in [0.3, 0.4) is 0 Å². The third-order valence-corrected chi connectivity index (χ3v) is 24.1. The van der Waals surface area contributed by atoms with E-state index in [2.05, 4.69) is 132 Å². The summed E-state index contributed by atoms with van der Waals surface area (Å²) in [5, 5.41) is 16.5. The molecule has 0 spiro atoms. The first kappa shape index (κ1) is 100. The first-order valence-electron chi connectivity index (χ1n) is 36.8. The Kier molecular flexibility index (Phi) is 36.6. The standard InChI is InChI=1S/C29H25F3N6O.C23H27BF3NO3.C17H15BrF3NO.C9H12BrN.C9H9BrO.ClH.S4/c1-17-7-8-19(18(2)35-27(39)21-5-4-6-23(11-21)29(30,31)32)12-25(17)20-9-10-22-14-33-28(37-26(22)13-20)36-24-15-34-38(3)16-24;1-14-10-11-16(13-19(14)24-30-21(3,4)22(5,6)31-24)15(2)28-20(29)17-8-7-9-18(12-17)23(25,26)27;1-10-6-7-12(9-15(10)18)11(2)22-16(23)13-4-3-5-14(8-13)17(19,20)21;2*1-6-3-4-8(7(2)11)5-9(6)10;;1-3-4-2/h4-16,18H,1-3H3,(H,35,39)(H,33,36,37);7-13,15H,1-6H3,(H,28,29);3-9,11H,1-2H3,(H,22,23);3-5,7H,11H2,1-2H3;3-5H,1-2H3;1H;. The molecule has 11 aromatic rings. The van der Waals surface area contributed by atoms with Crippen LogP contribution in [0.1, 0.15) is 195 Å². The molecule has 0 bridgehead atoms. The van der Waals surface area contributed by atoms with E-state index < -0.39 is 83.3 Å². The fraction of sp³-hybridized carbons (Fsp3) is 0.276. The zero-order valence-electron chi connectivity index (χ0n) is 67.8. The van der Waals surface area contributed by atoms with Crippen molar-refractivity contribution < 1.29 is 68.0 Å². The Morgan fingerprint density at radius 2 is 0.908 bits per heavy atom. The number of alkyl halides is 9. The Morgan fingerprint density at radius 3 is 1.31 bits per heavy atom. The van der Waals surface area contributed by atoms with Crippen molar-refractivity contribution in [2.45, 2.75) is 151 Å². The van der Waals surface area contributed by atoms with Crippen molar-refractivity contribution in [2.75, 3.05) is 5.32 Å². The number of fused-ring (bicyclic) bond motifs is 1. The van der Waals surface area contributed by atoms with Gasteiger partial charge in [-0.15, -0.1) is 12.4 Å². The molecular formula is C87H89BBr3ClF9N9O6S4. The van der Waals surface area contributed by atoms with Crippen molar-refractivity contribution >= 4 is 159 Å². The van der Waals surface area contributed by atoms with Crippen molar-refractivity contribution in [3.63, 3.8) is 0 Å². The summed E-state index contributed by atoms with van der Waals surface area (Å²) in [6, 6.07) is 47.0. The van der Waals surface area contributed by atoms with Gasteiger partial charge < -0.3 is 36.3 Å². The van der Waals surface area contributed by atoms with Gasteiger partial charge in [0.15, 0.2) is 5.78 Å². The molecule has 2 aromatic heterocycles. The van der Waals surface area contributed by atoms with Gasteiger partial charge in [0.1, 0.15) is 0 Å². The summed E-state index contributed by atoms with van der Waals surface area (Å²) in [6.45, 7) is 26.8. The van der Waals surface area contributed by atoms with Gasteiger partial charge >= 0.3 is 25.6 Å². The van der Waals surface area contributed by atoms with Crippen LogP contribution in [0.25, 0.3) is 22.0 Å². The molecule has 1 aliphatic rings. The van der Waals surface area contributed by atoms with E-state index in [1.54, 1.807) is 44.8 Å². The molecule has 12 rings (SSSR count). The number of hydrogen-bond donors (Lipinski definition) is 5. The molecular weight excluding hydrogens is 1850 g/mol. The third kappa shape index (κ3) is 28.7. The number of halogens is 13. The summed E-state index contributed by atoms with van der Waals surface area (Å²) in [6.07, 6.45) is -8.23. The van der Waals surface area contributed by atoms with Gasteiger partial charge in [-0.2, -0.15) is 44.6 Å². The van der Waals surface area contributed by atoms with E-state index in [-0.39, 0.29) is 47.0 Å². The Morgan fingerprint density at radius 1 is 0.508 bits per heavy atom. The maximum atomic E-state index is 13.1. The number of aryl methyl sites for hydroxylation is 6. The number of nitrogens with two attached hydrogens (primary N) is 1. The highest BCUT2D eigenvalue weighted by Gasteiger charge is 2.52. The van der Waals surface area contributed by atoms with Gasteiger partial charge in [-0.1, -0.05) is 150 Å². The topological polar surface area (TPSA) is 204 Å². The second-order valence-corrected chi connectivity index (χ2v) is 35.2. The molecule has 1 saturated heterocycles. The Bertz CT molecular complexity index is 5530. The molecule has 15 nitrogen and oxygen atoms in total. The number of aromatic nitrogens is 4. The predicted octanol–water partition coefficient (Wildman–Crippen LogP) is 22.8. The van der Waals surface area contributed by atoms with Gasteiger partial charge in [-0.3, -0.25) is 23.9 Å². The molecule has 1 fully saturated rings. The fourth-order valence-electron chi connectivity index (χ4n) is 11.4. The molecule has 1 aliphatic heterocycles. The van der Waals surface area contributed by atoms with E-state index in [0.29, 0.717) is 5.95 Å². The molecule has 6 N–H and O–H groups in total. The van der Waals surface area contributed by atoms with Gasteiger partial charge in [-0.25, -0.2) is 9.97 Å². The second kappa shape index (κ2) is 43.9. The fourth-order valence-corrected chi connectivity index (χ4v) is 12.6. The minimum Gasteiger partial charge on any atom is -0.399 e. The molecule has 120 heavy (non-hydrogen) atoms. The second-order valence-electron chi connectivity index (χ2n) is 29.1. The average molecular weight is 1940 g/mol. The smallest absolute Gasteiger partial charge is 0.399 e. The molecule has 0 radical (unpaired) electrons. The predicted molar refractivity (Wildman–Crippen MR) is 481 cm³/mol.